The smallest absolute Gasteiger partial charge is 0.201 e. The molecule has 1 N–H and O–H groups in total. The van der Waals surface area contributed by atoms with Crippen molar-refractivity contribution in [2.45, 2.75) is 83.7 Å². The Morgan fingerprint density at radius 1 is 1.00 bits per heavy atom. The van der Waals surface area contributed by atoms with Gasteiger partial charge in [0.25, 0.3) is 0 Å². The summed E-state index contributed by atoms with van der Waals surface area (Å²) in [7, 11) is 0. The SMILES string of the molecule is C[C@H]1CC[C@H]2[C@H](CCC[C@@H]1C(=O)c1cc3ccccc3o1)CC[C@@H]1C[C@](C)(O)CC[C@@H]12. The molecule has 3 aliphatic rings. The van der Waals surface area contributed by atoms with Crippen LogP contribution >= 0.6 is 0 Å². The number of rotatable bonds is 2. The average Bonchev–Trinajstić information content (AvgIpc) is 3.20. The summed E-state index contributed by atoms with van der Waals surface area (Å²) < 4.78 is 5.95. The van der Waals surface area contributed by atoms with Crippen molar-refractivity contribution in [1.29, 1.82) is 0 Å². The van der Waals surface area contributed by atoms with Crippen molar-refractivity contribution in [3.05, 3.63) is 36.1 Å². The Hall–Kier alpha value is -1.61. The molecule has 0 aliphatic heterocycles. The lowest BCUT2D eigenvalue weighted by atomic mass is 9.57. The van der Waals surface area contributed by atoms with Gasteiger partial charge in [-0.15, -0.1) is 0 Å². The summed E-state index contributed by atoms with van der Waals surface area (Å²) in [6, 6.07) is 9.86. The molecular weight excluding hydrogens is 384 g/mol. The van der Waals surface area contributed by atoms with Crippen LogP contribution in [0.15, 0.2) is 34.7 Å². The molecule has 3 heteroatoms. The van der Waals surface area contributed by atoms with Gasteiger partial charge in [-0.05, 0) is 100 Å². The summed E-state index contributed by atoms with van der Waals surface area (Å²) in [5.41, 5.74) is 0.357. The predicted octanol–water partition coefficient (Wildman–Crippen LogP) is 7.03. The number of aliphatic hydroxyl groups is 1. The molecule has 0 bridgehead atoms. The van der Waals surface area contributed by atoms with Gasteiger partial charge in [-0.3, -0.25) is 4.79 Å². The van der Waals surface area contributed by atoms with Crippen molar-refractivity contribution in [3.8, 4) is 0 Å². The summed E-state index contributed by atoms with van der Waals surface area (Å²) in [6.07, 6.45) is 11.5. The minimum Gasteiger partial charge on any atom is -0.453 e. The number of ketones is 1. The fraction of sp³-hybridized carbons (Fsp3) is 0.679. The van der Waals surface area contributed by atoms with Crippen molar-refractivity contribution in [1.82, 2.24) is 0 Å². The lowest BCUT2D eigenvalue weighted by molar-refractivity contribution is -0.0613. The molecule has 3 aliphatic carbocycles. The molecule has 0 amide bonds. The summed E-state index contributed by atoms with van der Waals surface area (Å²) in [4.78, 5) is 13.4. The van der Waals surface area contributed by atoms with Crippen LogP contribution in [-0.2, 0) is 0 Å². The van der Waals surface area contributed by atoms with Gasteiger partial charge in [0.15, 0.2) is 5.76 Å². The van der Waals surface area contributed by atoms with E-state index in [-0.39, 0.29) is 11.7 Å². The summed E-state index contributed by atoms with van der Waals surface area (Å²) in [6.45, 7) is 4.33. The third kappa shape index (κ3) is 4.23. The van der Waals surface area contributed by atoms with E-state index in [1.807, 2.05) is 37.3 Å². The highest BCUT2D eigenvalue weighted by atomic mass is 16.3. The Labute approximate surface area is 186 Å². The monoisotopic (exact) mass is 422 g/mol. The maximum atomic E-state index is 13.4. The number of fused-ring (bicyclic) bond motifs is 4. The summed E-state index contributed by atoms with van der Waals surface area (Å²) in [5, 5.41) is 11.6. The molecule has 5 rings (SSSR count). The number of benzene rings is 1. The maximum Gasteiger partial charge on any atom is 0.201 e. The number of hydrogen-bond acceptors (Lipinski definition) is 3. The molecule has 0 radical (unpaired) electrons. The highest BCUT2D eigenvalue weighted by Crippen LogP contribution is 2.52. The third-order valence-electron chi connectivity index (χ3n) is 9.12. The second kappa shape index (κ2) is 8.39. The standard InChI is InChI=1S/C28H38O3/c1-18-10-13-23-19(11-12-21-17-28(2,30)15-14-24(21)23)7-5-8-22(18)27(29)26-16-20-6-3-4-9-25(20)31-26/h3-4,6,9,16,18-19,21-24,30H,5,7-8,10-15,17H2,1-2H3/t18-,19+,21+,22-,23-,24-,28+/m0/s1. The number of hydrogen-bond donors (Lipinski definition) is 1. The van der Waals surface area contributed by atoms with E-state index in [4.69, 9.17) is 4.42 Å². The minimum absolute atomic E-state index is 0.0728. The van der Waals surface area contributed by atoms with Crippen LogP contribution < -0.4 is 0 Å². The van der Waals surface area contributed by atoms with Gasteiger partial charge in [0.2, 0.25) is 5.78 Å². The molecule has 0 saturated heterocycles. The van der Waals surface area contributed by atoms with Crippen molar-refractivity contribution in [2.75, 3.05) is 0 Å². The number of Topliss-reactive ketones (excluding diaryl/α,β-unsaturated/α-hetero) is 1. The zero-order valence-corrected chi connectivity index (χ0v) is 19.2. The maximum absolute atomic E-state index is 13.4. The van der Waals surface area contributed by atoms with Crippen LogP contribution in [0.1, 0.15) is 88.6 Å². The molecule has 1 heterocycles. The van der Waals surface area contributed by atoms with Gasteiger partial charge in [-0.1, -0.05) is 38.0 Å². The Kier molecular flexibility index (Phi) is 5.75. The van der Waals surface area contributed by atoms with Crippen LogP contribution in [0, 0.1) is 35.5 Å². The molecule has 168 valence electrons. The van der Waals surface area contributed by atoms with Crippen LogP contribution in [0.5, 0.6) is 0 Å². The number of carbonyl (C=O) groups excluding carboxylic acids is 1. The topological polar surface area (TPSA) is 50.4 Å². The Morgan fingerprint density at radius 2 is 1.77 bits per heavy atom. The summed E-state index contributed by atoms with van der Waals surface area (Å²) >= 11 is 0. The van der Waals surface area contributed by atoms with Crippen molar-refractivity contribution >= 4 is 16.8 Å². The van der Waals surface area contributed by atoms with Crippen LogP contribution in [0.4, 0.5) is 0 Å². The van der Waals surface area contributed by atoms with Crippen molar-refractivity contribution < 1.29 is 14.3 Å². The minimum atomic E-state index is -0.454. The molecule has 7 atom stereocenters. The second-order valence-electron chi connectivity index (χ2n) is 11.3. The molecule has 3 saturated carbocycles. The number of carbonyl (C=O) groups is 1. The largest absolute Gasteiger partial charge is 0.453 e. The molecular formula is C28H38O3. The predicted molar refractivity (Wildman–Crippen MR) is 124 cm³/mol. The molecule has 3 fully saturated rings. The lowest BCUT2D eigenvalue weighted by Crippen LogP contribution is -2.44. The lowest BCUT2D eigenvalue weighted by Gasteiger charge is -2.49. The van der Waals surface area contributed by atoms with Gasteiger partial charge >= 0.3 is 0 Å². The molecule has 0 spiro atoms. The number of furan rings is 1. The first-order chi connectivity index (χ1) is 14.9. The first kappa shape index (κ1) is 21.2. The molecule has 2 aromatic rings. The first-order valence-corrected chi connectivity index (χ1v) is 12.7. The Bertz CT molecular complexity index is 892. The van der Waals surface area contributed by atoms with Crippen LogP contribution in [-0.4, -0.2) is 16.5 Å². The van der Waals surface area contributed by atoms with E-state index in [1.54, 1.807) is 0 Å². The third-order valence-corrected chi connectivity index (χ3v) is 9.12. The van der Waals surface area contributed by atoms with E-state index in [0.717, 1.165) is 60.8 Å². The molecule has 0 unspecified atom stereocenters. The average molecular weight is 423 g/mol. The number of para-hydroxylation sites is 1. The fourth-order valence-electron chi connectivity index (χ4n) is 7.43. The van der Waals surface area contributed by atoms with Crippen LogP contribution in [0.3, 0.4) is 0 Å². The quantitative estimate of drug-likeness (QED) is 0.529. The van der Waals surface area contributed by atoms with E-state index < -0.39 is 5.60 Å². The van der Waals surface area contributed by atoms with Crippen molar-refractivity contribution in [3.63, 3.8) is 0 Å². The zero-order chi connectivity index (χ0) is 21.6. The van der Waals surface area contributed by atoms with E-state index in [2.05, 4.69) is 6.92 Å². The fourth-order valence-corrected chi connectivity index (χ4v) is 7.43. The van der Waals surface area contributed by atoms with Gasteiger partial charge < -0.3 is 9.52 Å². The summed E-state index contributed by atoms with van der Waals surface area (Å²) in [5.74, 6) is 4.32. The highest BCUT2D eigenvalue weighted by molar-refractivity contribution is 5.99. The van der Waals surface area contributed by atoms with Gasteiger partial charge in [-0.25, -0.2) is 0 Å². The van der Waals surface area contributed by atoms with E-state index in [0.29, 0.717) is 17.6 Å². The van der Waals surface area contributed by atoms with Gasteiger partial charge in [0.05, 0.1) is 5.60 Å². The molecule has 3 nitrogen and oxygen atoms in total. The van der Waals surface area contributed by atoms with E-state index in [1.165, 1.54) is 32.1 Å². The highest BCUT2D eigenvalue weighted by Gasteiger charge is 2.45. The van der Waals surface area contributed by atoms with Gasteiger partial charge in [0.1, 0.15) is 5.58 Å². The van der Waals surface area contributed by atoms with Crippen LogP contribution in [0.2, 0.25) is 0 Å². The van der Waals surface area contributed by atoms with E-state index in [9.17, 15) is 9.90 Å². The van der Waals surface area contributed by atoms with Crippen molar-refractivity contribution in [2.24, 2.45) is 35.5 Å². The Balaban J connectivity index is 1.31. The molecule has 1 aromatic carbocycles. The van der Waals surface area contributed by atoms with Crippen LogP contribution in [0.25, 0.3) is 11.0 Å². The van der Waals surface area contributed by atoms with Gasteiger partial charge in [-0.2, -0.15) is 0 Å². The molecule has 31 heavy (non-hydrogen) atoms. The van der Waals surface area contributed by atoms with E-state index >= 15 is 0 Å². The zero-order valence-electron chi connectivity index (χ0n) is 19.2. The second-order valence-corrected chi connectivity index (χ2v) is 11.3. The first-order valence-electron chi connectivity index (χ1n) is 12.7. The Morgan fingerprint density at radius 3 is 2.61 bits per heavy atom. The normalized spacial score (nSPS) is 39.1. The molecule has 1 aromatic heterocycles. The van der Waals surface area contributed by atoms with Gasteiger partial charge in [0, 0.05) is 11.3 Å².